The second-order valence-electron chi connectivity index (χ2n) is 5.27. The fraction of sp³-hybridized carbons (Fsp3) is 0.333. The summed E-state index contributed by atoms with van der Waals surface area (Å²) in [4.78, 5) is 27.9. The Labute approximate surface area is 166 Å². The van der Waals surface area contributed by atoms with Gasteiger partial charge in [-0.2, -0.15) is 10.1 Å². The van der Waals surface area contributed by atoms with E-state index in [1.54, 1.807) is 19.1 Å². The van der Waals surface area contributed by atoms with Crippen LogP contribution in [0, 0.1) is 0 Å². The average Bonchev–Trinajstić information content (AvgIpc) is 3.17. The number of aromatic nitrogens is 1. The van der Waals surface area contributed by atoms with Gasteiger partial charge in [0.2, 0.25) is 16.8 Å². The molecule has 0 aliphatic carbocycles. The fourth-order valence-electron chi connectivity index (χ4n) is 2.23. The number of anilines is 1. The molecule has 2 aromatic rings. The Balaban J connectivity index is 2.33. The lowest BCUT2D eigenvalue weighted by Gasteiger charge is -2.13. The zero-order valence-corrected chi connectivity index (χ0v) is 17.0. The first kappa shape index (κ1) is 21.2. The molecule has 0 saturated heterocycles. The van der Waals surface area contributed by atoms with Crippen LogP contribution in [-0.2, 0) is 9.53 Å². The molecule has 0 aliphatic heterocycles. The molecule has 1 aromatic heterocycles. The second kappa shape index (κ2) is 9.70. The van der Waals surface area contributed by atoms with Gasteiger partial charge in [0.1, 0.15) is 0 Å². The molecular formula is C18H21N3O6S. The van der Waals surface area contributed by atoms with E-state index in [9.17, 15) is 9.59 Å². The number of thiazole rings is 1. The first-order valence-corrected chi connectivity index (χ1v) is 9.10. The van der Waals surface area contributed by atoms with Crippen LogP contribution in [0.1, 0.15) is 29.9 Å². The lowest BCUT2D eigenvalue weighted by Crippen LogP contribution is -2.22. The second-order valence-corrected chi connectivity index (χ2v) is 6.11. The summed E-state index contributed by atoms with van der Waals surface area (Å²) < 4.78 is 20.8. The van der Waals surface area contributed by atoms with E-state index >= 15 is 0 Å². The maximum absolute atomic E-state index is 12.0. The van der Waals surface area contributed by atoms with E-state index in [0.29, 0.717) is 22.8 Å². The van der Waals surface area contributed by atoms with E-state index in [1.807, 2.05) is 0 Å². The highest BCUT2D eigenvalue weighted by atomic mass is 32.1. The number of benzene rings is 1. The standard InChI is InChI=1S/C18H21N3O6S/c1-6-27-17(23)13-10-28-18(20-13)21(11(2)22)19-9-12-7-14(24-3)16(26-5)15(8-12)25-4/h7-10H,6H2,1-5H3/b19-9+. The third-order valence-electron chi connectivity index (χ3n) is 3.47. The van der Waals surface area contributed by atoms with E-state index < -0.39 is 5.97 Å². The molecule has 1 aromatic carbocycles. The third kappa shape index (κ3) is 4.77. The zero-order chi connectivity index (χ0) is 20.7. The molecule has 150 valence electrons. The van der Waals surface area contributed by atoms with Crippen molar-refractivity contribution in [2.45, 2.75) is 13.8 Å². The summed E-state index contributed by atoms with van der Waals surface area (Å²) in [5, 5.41) is 7.05. The third-order valence-corrected chi connectivity index (χ3v) is 4.28. The summed E-state index contributed by atoms with van der Waals surface area (Å²) >= 11 is 1.11. The van der Waals surface area contributed by atoms with E-state index in [2.05, 4.69) is 10.1 Å². The van der Waals surface area contributed by atoms with Crippen LogP contribution in [0.4, 0.5) is 5.13 Å². The molecule has 0 atom stereocenters. The number of esters is 1. The number of methoxy groups -OCH3 is 3. The quantitative estimate of drug-likeness (QED) is 0.377. The van der Waals surface area contributed by atoms with E-state index in [1.165, 1.54) is 39.8 Å². The number of hydrogen-bond acceptors (Lipinski definition) is 9. The highest BCUT2D eigenvalue weighted by molar-refractivity contribution is 7.14. The van der Waals surface area contributed by atoms with Crippen LogP contribution in [-0.4, -0.2) is 51.0 Å². The minimum Gasteiger partial charge on any atom is -0.493 e. The van der Waals surface area contributed by atoms with Crippen molar-refractivity contribution in [3.8, 4) is 17.2 Å². The molecule has 0 spiro atoms. The van der Waals surface area contributed by atoms with Gasteiger partial charge >= 0.3 is 5.97 Å². The largest absolute Gasteiger partial charge is 0.493 e. The Bertz CT molecular complexity index is 855. The smallest absolute Gasteiger partial charge is 0.357 e. The van der Waals surface area contributed by atoms with Gasteiger partial charge in [-0.3, -0.25) is 4.79 Å². The minimum atomic E-state index is -0.554. The highest BCUT2D eigenvalue weighted by Gasteiger charge is 2.19. The number of carbonyl (C=O) groups is 2. The molecule has 9 nitrogen and oxygen atoms in total. The summed E-state index contributed by atoms with van der Waals surface area (Å²) in [5.41, 5.74) is 0.735. The van der Waals surface area contributed by atoms with E-state index in [4.69, 9.17) is 18.9 Å². The predicted octanol–water partition coefficient (Wildman–Crippen LogP) is 2.73. The summed E-state index contributed by atoms with van der Waals surface area (Å²) in [6, 6.07) is 3.38. The summed E-state index contributed by atoms with van der Waals surface area (Å²) in [6.45, 7) is 3.29. The number of rotatable bonds is 8. The molecule has 28 heavy (non-hydrogen) atoms. The van der Waals surface area contributed by atoms with Gasteiger partial charge in [-0.15, -0.1) is 11.3 Å². The van der Waals surface area contributed by atoms with E-state index in [-0.39, 0.29) is 23.3 Å². The molecule has 0 N–H and O–H groups in total. The Kier molecular flexibility index (Phi) is 7.33. The Morgan fingerprint density at radius 2 is 1.82 bits per heavy atom. The average molecular weight is 407 g/mol. The van der Waals surface area contributed by atoms with Crippen molar-refractivity contribution in [1.29, 1.82) is 0 Å². The topological polar surface area (TPSA) is 99.5 Å². The number of nitrogens with zero attached hydrogens (tertiary/aromatic N) is 3. The molecule has 0 radical (unpaired) electrons. The monoisotopic (exact) mass is 407 g/mol. The van der Waals surface area contributed by atoms with Gasteiger partial charge in [0.05, 0.1) is 34.2 Å². The van der Waals surface area contributed by atoms with Crippen molar-refractivity contribution >= 4 is 34.6 Å². The van der Waals surface area contributed by atoms with Crippen molar-refractivity contribution < 1.29 is 28.5 Å². The number of ether oxygens (including phenoxy) is 4. The molecule has 1 amide bonds. The van der Waals surface area contributed by atoms with Crippen molar-refractivity contribution in [3.63, 3.8) is 0 Å². The van der Waals surface area contributed by atoms with Crippen LogP contribution >= 0.6 is 11.3 Å². The highest BCUT2D eigenvalue weighted by Crippen LogP contribution is 2.37. The Morgan fingerprint density at radius 3 is 2.32 bits per heavy atom. The first-order chi connectivity index (χ1) is 13.4. The number of hydrogen-bond donors (Lipinski definition) is 0. The minimum absolute atomic E-state index is 0.121. The van der Waals surface area contributed by atoms with Crippen LogP contribution in [0.25, 0.3) is 0 Å². The summed E-state index contributed by atoms with van der Waals surface area (Å²) in [7, 11) is 4.52. The Hall–Kier alpha value is -3.14. The van der Waals surface area contributed by atoms with Crippen LogP contribution < -0.4 is 19.2 Å². The maximum Gasteiger partial charge on any atom is 0.357 e. The van der Waals surface area contributed by atoms with Crippen LogP contribution in [0.3, 0.4) is 0 Å². The Morgan fingerprint density at radius 1 is 1.18 bits per heavy atom. The summed E-state index contributed by atoms with van der Waals surface area (Å²) in [5.74, 6) is 0.438. The molecule has 0 fully saturated rings. The van der Waals surface area contributed by atoms with Crippen molar-refractivity contribution in [2.24, 2.45) is 5.10 Å². The molecule has 0 aliphatic rings. The van der Waals surface area contributed by atoms with Gasteiger partial charge in [0.25, 0.3) is 0 Å². The van der Waals surface area contributed by atoms with Crippen molar-refractivity contribution in [2.75, 3.05) is 32.9 Å². The lowest BCUT2D eigenvalue weighted by molar-refractivity contribution is -0.116. The van der Waals surface area contributed by atoms with Gasteiger partial charge in [-0.25, -0.2) is 9.78 Å². The van der Waals surface area contributed by atoms with Crippen LogP contribution in [0.15, 0.2) is 22.6 Å². The van der Waals surface area contributed by atoms with Gasteiger partial charge in [0, 0.05) is 17.9 Å². The number of carbonyl (C=O) groups excluding carboxylic acids is 2. The van der Waals surface area contributed by atoms with Gasteiger partial charge in [0.15, 0.2) is 17.2 Å². The molecule has 0 unspecified atom stereocenters. The van der Waals surface area contributed by atoms with E-state index in [0.717, 1.165) is 16.3 Å². The van der Waals surface area contributed by atoms with Crippen molar-refractivity contribution in [3.05, 3.63) is 28.8 Å². The van der Waals surface area contributed by atoms with Crippen molar-refractivity contribution in [1.82, 2.24) is 4.98 Å². The van der Waals surface area contributed by atoms with Gasteiger partial charge in [-0.05, 0) is 19.1 Å². The molecule has 0 bridgehead atoms. The van der Waals surface area contributed by atoms with Gasteiger partial charge < -0.3 is 18.9 Å². The zero-order valence-electron chi connectivity index (χ0n) is 16.2. The fourth-order valence-corrected chi connectivity index (χ4v) is 3.02. The SMILES string of the molecule is CCOC(=O)c1csc(N(/N=C/c2cc(OC)c(OC)c(OC)c2)C(C)=O)n1. The molecule has 10 heteroatoms. The number of hydrazone groups is 1. The number of amides is 1. The molecular weight excluding hydrogens is 386 g/mol. The van der Waals surface area contributed by atoms with Crippen LogP contribution in [0.5, 0.6) is 17.2 Å². The molecule has 1 heterocycles. The first-order valence-electron chi connectivity index (χ1n) is 8.22. The van der Waals surface area contributed by atoms with Crippen LogP contribution in [0.2, 0.25) is 0 Å². The predicted molar refractivity (Wildman–Crippen MR) is 105 cm³/mol. The summed E-state index contributed by atoms with van der Waals surface area (Å²) in [6.07, 6.45) is 1.46. The maximum atomic E-state index is 12.0. The molecule has 2 rings (SSSR count). The lowest BCUT2D eigenvalue weighted by atomic mass is 10.2. The molecule has 0 saturated carbocycles. The normalized spacial score (nSPS) is 10.6. The van der Waals surface area contributed by atoms with Gasteiger partial charge in [-0.1, -0.05) is 0 Å².